The molecule has 0 spiro atoms. The molecule has 6 nitrogen and oxygen atoms in total. The lowest BCUT2D eigenvalue weighted by Gasteiger charge is -2.22. The number of hydrogen-bond donors (Lipinski definition) is 3. The van der Waals surface area contributed by atoms with Crippen LogP contribution in [0.25, 0.3) is 10.3 Å². The quantitative estimate of drug-likeness (QED) is 0.238. The van der Waals surface area contributed by atoms with Crippen molar-refractivity contribution in [1.29, 1.82) is 0 Å². The fraction of sp³-hybridized carbons (Fsp3) is 0.320. The average molecular weight is 531 g/mol. The molecule has 182 valence electrons. The van der Waals surface area contributed by atoms with Gasteiger partial charge in [-0.1, -0.05) is 52.7 Å². The van der Waals surface area contributed by atoms with Gasteiger partial charge in [-0.3, -0.25) is 0 Å². The van der Waals surface area contributed by atoms with Crippen LogP contribution in [-0.4, -0.2) is 34.6 Å². The molecule has 1 atom stereocenters. The van der Waals surface area contributed by atoms with Gasteiger partial charge in [-0.05, 0) is 67.2 Å². The summed E-state index contributed by atoms with van der Waals surface area (Å²) in [5.74, 6) is 1.68. The molecule has 3 heterocycles. The van der Waals surface area contributed by atoms with E-state index in [1.807, 2.05) is 30.3 Å². The first-order chi connectivity index (χ1) is 17.1. The molecule has 1 aliphatic rings. The molecule has 1 aliphatic heterocycles. The first-order valence-electron chi connectivity index (χ1n) is 11.6. The van der Waals surface area contributed by atoms with Gasteiger partial charge in [0.15, 0.2) is 10.6 Å². The van der Waals surface area contributed by atoms with Crippen molar-refractivity contribution in [2.45, 2.75) is 25.9 Å². The average Bonchev–Trinajstić information content (AvgIpc) is 3.29. The Labute approximate surface area is 217 Å². The monoisotopic (exact) mass is 530 g/mol. The van der Waals surface area contributed by atoms with Gasteiger partial charge in [-0.25, -0.2) is 14.4 Å². The predicted molar refractivity (Wildman–Crippen MR) is 143 cm³/mol. The number of piperidine rings is 1. The summed E-state index contributed by atoms with van der Waals surface area (Å²) < 4.78 is 12.9. The Morgan fingerprint density at radius 3 is 2.57 bits per heavy atom. The van der Waals surface area contributed by atoms with Crippen molar-refractivity contribution in [2.24, 2.45) is 5.92 Å². The summed E-state index contributed by atoms with van der Waals surface area (Å²) in [7, 11) is 0. The summed E-state index contributed by atoms with van der Waals surface area (Å²) >= 11 is 14.3. The smallest absolute Gasteiger partial charge is 0.226 e. The second-order valence-electron chi connectivity index (χ2n) is 8.58. The first kappa shape index (κ1) is 24.2. The molecule has 3 N–H and O–H groups in total. The zero-order chi connectivity index (χ0) is 24.2. The standard InChI is InChI=1S/C25H25Cl2FN6S/c26-19-4-1-5-20(27)18(19)11-21-32-22-23(31-17-8-6-15(12-28)7-9-17)33-25(34-24(22)35-21)30-14-16-3-2-10-29-13-16/h1,4-9,16,29H,2-3,10-14H2,(H2,30,31,33,34). The number of halogens is 3. The number of rotatable bonds is 8. The molecule has 35 heavy (non-hydrogen) atoms. The van der Waals surface area contributed by atoms with E-state index in [2.05, 4.69) is 16.0 Å². The van der Waals surface area contributed by atoms with Crippen molar-refractivity contribution in [3.63, 3.8) is 0 Å². The molecule has 0 radical (unpaired) electrons. The minimum Gasteiger partial charge on any atom is -0.354 e. The molecule has 5 rings (SSSR count). The van der Waals surface area contributed by atoms with Crippen LogP contribution < -0.4 is 16.0 Å². The summed E-state index contributed by atoms with van der Waals surface area (Å²) in [5.41, 5.74) is 2.93. The van der Waals surface area contributed by atoms with Crippen LogP contribution >= 0.6 is 34.5 Å². The fourth-order valence-electron chi connectivity index (χ4n) is 4.11. The van der Waals surface area contributed by atoms with Crippen LogP contribution in [0.15, 0.2) is 42.5 Å². The molecule has 2 aromatic heterocycles. The van der Waals surface area contributed by atoms with Crippen LogP contribution in [0.5, 0.6) is 0 Å². The van der Waals surface area contributed by atoms with Crippen molar-refractivity contribution in [2.75, 3.05) is 30.3 Å². The highest BCUT2D eigenvalue weighted by Crippen LogP contribution is 2.33. The molecule has 1 saturated heterocycles. The van der Waals surface area contributed by atoms with Crippen molar-refractivity contribution >= 4 is 62.3 Å². The predicted octanol–water partition coefficient (Wildman–Crippen LogP) is 6.61. The topological polar surface area (TPSA) is 74.8 Å². The van der Waals surface area contributed by atoms with E-state index in [1.54, 1.807) is 12.1 Å². The van der Waals surface area contributed by atoms with Crippen molar-refractivity contribution in [1.82, 2.24) is 20.3 Å². The van der Waals surface area contributed by atoms with Gasteiger partial charge in [0, 0.05) is 28.7 Å². The van der Waals surface area contributed by atoms with Crippen LogP contribution in [0.4, 0.5) is 21.8 Å². The van der Waals surface area contributed by atoms with Crippen LogP contribution in [0, 0.1) is 5.92 Å². The summed E-state index contributed by atoms with van der Waals surface area (Å²) in [5, 5.41) is 12.3. The van der Waals surface area contributed by atoms with Gasteiger partial charge in [-0.2, -0.15) is 4.98 Å². The number of hydrogen-bond acceptors (Lipinski definition) is 7. The van der Waals surface area contributed by atoms with E-state index in [9.17, 15) is 4.39 Å². The molecule has 2 aromatic carbocycles. The molecule has 0 bridgehead atoms. The Hall–Kier alpha value is -2.52. The largest absolute Gasteiger partial charge is 0.354 e. The third-order valence-corrected chi connectivity index (χ3v) is 7.67. The Balaban J connectivity index is 1.46. The number of benzene rings is 2. The van der Waals surface area contributed by atoms with Gasteiger partial charge in [0.1, 0.15) is 17.2 Å². The number of alkyl halides is 1. The minimum atomic E-state index is -0.498. The third-order valence-electron chi connectivity index (χ3n) is 6.01. The molecule has 10 heteroatoms. The second kappa shape index (κ2) is 11.0. The molecule has 1 unspecified atom stereocenters. The number of anilines is 3. The first-order valence-corrected chi connectivity index (χ1v) is 13.1. The normalized spacial score (nSPS) is 15.9. The van der Waals surface area contributed by atoms with E-state index < -0.39 is 6.67 Å². The molecule has 0 aliphatic carbocycles. The number of fused-ring (bicyclic) bond motifs is 1. The maximum Gasteiger partial charge on any atom is 0.226 e. The van der Waals surface area contributed by atoms with Gasteiger partial charge < -0.3 is 16.0 Å². The summed E-state index contributed by atoms with van der Waals surface area (Å²) in [6, 6.07) is 12.6. The molecule has 0 amide bonds. The number of nitrogens with zero attached hydrogens (tertiary/aromatic N) is 3. The van der Waals surface area contributed by atoms with E-state index in [0.29, 0.717) is 45.2 Å². The minimum absolute atomic E-state index is 0.498. The molecule has 1 fully saturated rings. The number of nitrogens with one attached hydrogen (secondary N) is 3. The van der Waals surface area contributed by atoms with Crippen LogP contribution in [0.2, 0.25) is 10.0 Å². The Morgan fingerprint density at radius 1 is 1.06 bits per heavy atom. The van der Waals surface area contributed by atoms with Gasteiger partial charge >= 0.3 is 0 Å². The molecule has 0 saturated carbocycles. The van der Waals surface area contributed by atoms with E-state index in [0.717, 1.165) is 40.7 Å². The van der Waals surface area contributed by atoms with Gasteiger partial charge in [-0.15, -0.1) is 0 Å². The lowest BCUT2D eigenvalue weighted by Crippen LogP contribution is -2.33. The maximum absolute atomic E-state index is 12.9. The van der Waals surface area contributed by atoms with Crippen molar-refractivity contribution in [3.8, 4) is 0 Å². The Kier molecular flexibility index (Phi) is 7.63. The molecule has 4 aromatic rings. The fourth-order valence-corrected chi connectivity index (χ4v) is 5.59. The lowest BCUT2D eigenvalue weighted by atomic mass is 10.00. The SMILES string of the molecule is FCc1ccc(Nc2nc(NCC3CCCNC3)nc3sc(Cc4c(Cl)cccc4Cl)nc23)cc1. The maximum atomic E-state index is 12.9. The Morgan fingerprint density at radius 2 is 1.86 bits per heavy atom. The van der Waals surface area contributed by atoms with Gasteiger partial charge in [0.25, 0.3) is 0 Å². The Bertz CT molecular complexity index is 1290. The highest BCUT2D eigenvalue weighted by molar-refractivity contribution is 7.18. The van der Waals surface area contributed by atoms with Crippen LogP contribution in [0.3, 0.4) is 0 Å². The highest BCUT2D eigenvalue weighted by Gasteiger charge is 2.18. The third kappa shape index (κ3) is 5.83. The zero-order valence-electron chi connectivity index (χ0n) is 19.0. The lowest BCUT2D eigenvalue weighted by molar-refractivity contribution is 0.392. The molecular weight excluding hydrogens is 506 g/mol. The van der Waals surface area contributed by atoms with E-state index >= 15 is 0 Å². The van der Waals surface area contributed by atoms with Gasteiger partial charge in [0.2, 0.25) is 5.95 Å². The summed E-state index contributed by atoms with van der Waals surface area (Å²) in [6.07, 6.45) is 2.86. The summed E-state index contributed by atoms with van der Waals surface area (Å²) in [4.78, 5) is 15.1. The molecular formula is C25H25Cl2FN6S. The van der Waals surface area contributed by atoms with Crippen LogP contribution in [0.1, 0.15) is 29.0 Å². The van der Waals surface area contributed by atoms with Crippen molar-refractivity contribution in [3.05, 3.63) is 68.6 Å². The van der Waals surface area contributed by atoms with Gasteiger partial charge in [0.05, 0.1) is 0 Å². The van der Waals surface area contributed by atoms with E-state index in [4.69, 9.17) is 38.2 Å². The van der Waals surface area contributed by atoms with E-state index in [-0.39, 0.29) is 0 Å². The zero-order valence-corrected chi connectivity index (χ0v) is 21.3. The number of aromatic nitrogens is 3. The highest BCUT2D eigenvalue weighted by atomic mass is 35.5. The van der Waals surface area contributed by atoms with E-state index in [1.165, 1.54) is 24.2 Å². The number of thiazole rings is 1. The van der Waals surface area contributed by atoms with Crippen molar-refractivity contribution < 1.29 is 4.39 Å². The summed E-state index contributed by atoms with van der Waals surface area (Å²) in [6.45, 7) is 2.37. The second-order valence-corrected chi connectivity index (χ2v) is 10.5. The van der Waals surface area contributed by atoms with Crippen LogP contribution in [-0.2, 0) is 13.1 Å².